The minimum atomic E-state index is -3.50. The van der Waals surface area contributed by atoms with Gasteiger partial charge in [-0.1, -0.05) is 11.2 Å². The van der Waals surface area contributed by atoms with E-state index in [-0.39, 0.29) is 5.75 Å². The Kier molecular flexibility index (Phi) is 3.36. The monoisotopic (exact) mass is 307 g/mol. The van der Waals surface area contributed by atoms with Crippen molar-refractivity contribution in [1.29, 1.82) is 0 Å². The third kappa shape index (κ3) is 2.61. The van der Waals surface area contributed by atoms with Gasteiger partial charge in [-0.25, -0.2) is 8.42 Å². The van der Waals surface area contributed by atoms with E-state index in [2.05, 4.69) is 5.16 Å². The zero-order chi connectivity index (χ0) is 15.0. The molecule has 0 fully saturated rings. The predicted molar refractivity (Wildman–Crippen MR) is 80.4 cm³/mol. The van der Waals surface area contributed by atoms with E-state index in [1.807, 2.05) is 0 Å². The van der Waals surface area contributed by atoms with Crippen LogP contribution in [0.3, 0.4) is 0 Å². The first kappa shape index (κ1) is 13.9. The van der Waals surface area contributed by atoms with Crippen molar-refractivity contribution < 1.29 is 12.9 Å². The minimum Gasteiger partial charge on any atom is -0.398 e. The molecule has 112 valence electrons. The number of sulfonamides is 1. The molecule has 0 radical (unpaired) electrons. The second-order valence-corrected chi connectivity index (χ2v) is 7.10. The highest BCUT2D eigenvalue weighted by Gasteiger charge is 2.29. The summed E-state index contributed by atoms with van der Waals surface area (Å²) in [6.45, 7) is 2.20. The molecule has 3 rings (SSSR count). The molecule has 21 heavy (non-hydrogen) atoms. The number of nitrogens with two attached hydrogens (primary N) is 1. The van der Waals surface area contributed by atoms with Gasteiger partial charge >= 0.3 is 0 Å². The van der Waals surface area contributed by atoms with Crippen molar-refractivity contribution in [3.05, 3.63) is 41.3 Å². The van der Waals surface area contributed by atoms with Crippen LogP contribution in [-0.2, 0) is 22.2 Å². The Balaban J connectivity index is 1.96. The van der Waals surface area contributed by atoms with E-state index in [0.717, 1.165) is 18.4 Å². The first-order valence-electron chi connectivity index (χ1n) is 6.77. The van der Waals surface area contributed by atoms with Gasteiger partial charge in [0.05, 0.1) is 5.69 Å². The Labute approximate surface area is 123 Å². The summed E-state index contributed by atoms with van der Waals surface area (Å²) in [5.41, 5.74) is 8.61. The Morgan fingerprint density at radius 3 is 2.95 bits per heavy atom. The van der Waals surface area contributed by atoms with E-state index < -0.39 is 10.0 Å². The van der Waals surface area contributed by atoms with E-state index in [1.54, 1.807) is 31.2 Å². The molecular formula is C14H17N3O3S. The van der Waals surface area contributed by atoms with Gasteiger partial charge in [-0.2, -0.15) is 0 Å². The third-order valence-corrected chi connectivity index (χ3v) is 5.30. The zero-order valence-electron chi connectivity index (χ0n) is 11.7. The third-order valence-electron chi connectivity index (χ3n) is 3.59. The van der Waals surface area contributed by atoms with Gasteiger partial charge in [-0.05, 0) is 37.5 Å². The summed E-state index contributed by atoms with van der Waals surface area (Å²) in [7, 11) is -3.50. The molecule has 2 N–H and O–H groups in total. The van der Waals surface area contributed by atoms with Gasteiger partial charge in [0, 0.05) is 18.3 Å². The van der Waals surface area contributed by atoms with Crippen LogP contribution in [0.25, 0.3) is 0 Å². The number of hydrogen-bond donors (Lipinski definition) is 1. The molecule has 0 amide bonds. The lowest BCUT2D eigenvalue weighted by Crippen LogP contribution is -2.36. The maximum atomic E-state index is 12.6. The molecule has 1 aliphatic rings. The Morgan fingerprint density at radius 2 is 2.24 bits per heavy atom. The van der Waals surface area contributed by atoms with Gasteiger partial charge in [0.2, 0.25) is 10.0 Å². The lowest BCUT2D eigenvalue weighted by atomic mass is 10.0. The highest BCUT2D eigenvalue weighted by atomic mass is 32.2. The molecule has 2 aromatic rings. The molecule has 1 aromatic heterocycles. The predicted octanol–water partition coefficient (Wildman–Crippen LogP) is 1.85. The first-order valence-corrected chi connectivity index (χ1v) is 8.38. The molecule has 0 aliphatic carbocycles. The maximum absolute atomic E-state index is 12.6. The fraction of sp³-hybridized carbons (Fsp3) is 0.357. The number of benzene rings is 1. The fourth-order valence-corrected chi connectivity index (χ4v) is 4.20. The second-order valence-electron chi connectivity index (χ2n) is 5.21. The van der Waals surface area contributed by atoms with E-state index in [0.29, 0.717) is 29.4 Å². The number of nitrogens with zero attached hydrogens (tertiary/aromatic N) is 2. The second kappa shape index (κ2) is 5.07. The van der Waals surface area contributed by atoms with Crippen molar-refractivity contribution in [3.8, 4) is 0 Å². The van der Waals surface area contributed by atoms with Crippen LogP contribution in [-0.4, -0.2) is 20.1 Å². The number of nitrogen functional groups attached to an aromatic ring is 1. The van der Waals surface area contributed by atoms with Crippen LogP contribution in [0.2, 0.25) is 0 Å². The number of aromatic nitrogens is 1. The molecule has 0 atom stereocenters. The standard InChI is InChI=1S/C14H17N3O3S/c1-10-8-11(16-20-10)9-21(18,19)17-7-3-4-12-13(15)5-2-6-14(12)17/h2,5-6,8H,3-4,7,9,15H2,1H3. The molecule has 0 bridgehead atoms. The highest BCUT2D eigenvalue weighted by molar-refractivity contribution is 7.92. The van der Waals surface area contributed by atoms with Gasteiger partial charge < -0.3 is 10.3 Å². The van der Waals surface area contributed by atoms with Crippen molar-refractivity contribution in [2.75, 3.05) is 16.6 Å². The molecule has 0 saturated carbocycles. The zero-order valence-corrected chi connectivity index (χ0v) is 12.6. The van der Waals surface area contributed by atoms with E-state index in [9.17, 15) is 8.42 Å². The van der Waals surface area contributed by atoms with Crippen LogP contribution >= 0.6 is 0 Å². The summed E-state index contributed by atoms with van der Waals surface area (Å²) in [4.78, 5) is 0. The summed E-state index contributed by atoms with van der Waals surface area (Å²) in [5.74, 6) is 0.432. The van der Waals surface area contributed by atoms with Crippen molar-refractivity contribution in [1.82, 2.24) is 5.16 Å². The van der Waals surface area contributed by atoms with Crippen LogP contribution < -0.4 is 10.0 Å². The number of fused-ring (bicyclic) bond motifs is 1. The molecule has 6 nitrogen and oxygen atoms in total. The van der Waals surface area contributed by atoms with Gasteiger partial charge in [0.25, 0.3) is 0 Å². The van der Waals surface area contributed by atoms with Crippen molar-refractivity contribution in [3.63, 3.8) is 0 Å². The van der Waals surface area contributed by atoms with E-state index in [4.69, 9.17) is 10.3 Å². The molecule has 7 heteroatoms. The topological polar surface area (TPSA) is 89.4 Å². The largest absolute Gasteiger partial charge is 0.398 e. The summed E-state index contributed by atoms with van der Waals surface area (Å²) in [5, 5.41) is 3.76. The Bertz CT molecular complexity index is 768. The molecule has 0 saturated heterocycles. The smallest absolute Gasteiger partial charge is 0.241 e. The molecule has 0 unspecified atom stereocenters. The average Bonchev–Trinajstić information content (AvgIpc) is 2.83. The lowest BCUT2D eigenvalue weighted by molar-refractivity contribution is 0.392. The summed E-state index contributed by atoms with van der Waals surface area (Å²) in [6.07, 6.45) is 1.56. The number of hydrogen-bond acceptors (Lipinski definition) is 5. The van der Waals surface area contributed by atoms with Crippen LogP contribution in [0, 0.1) is 6.92 Å². The number of anilines is 2. The van der Waals surface area contributed by atoms with Crippen molar-refractivity contribution in [2.45, 2.75) is 25.5 Å². The molecule has 1 aliphatic heterocycles. The summed E-state index contributed by atoms with van der Waals surface area (Å²) in [6, 6.07) is 7.02. The molecular weight excluding hydrogens is 290 g/mol. The van der Waals surface area contributed by atoms with Gasteiger partial charge in [-0.15, -0.1) is 0 Å². The number of aryl methyl sites for hydroxylation is 1. The number of rotatable bonds is 3. The normalized spacial score (nSPS) is 15.0. The molecule has 1 aromatic carbocycles. The fourth-order valence-electron chi connectivity index (χ4n) is 2.66. The maximum Gasteiger partial charge on any atom is 0.241 e. The van der Waals surface area contributed by atoms with Crippen LogP contribution in [0.1, 0.15) is 23.4 Å². The van der Waals surface area contributed by atoms with Crippen LogP contribution in [0.5, 0.6) is 0 Å². The highest BCUT2D eigenvalue weighted by Crippen LogP contribution is 2.33. The van der Waals surface area contributed by atoms with Crippen molar-refractivity contribution >= 4 is 21.4 Å². The average molecular weight is 307 g/mol. The Hall–Kier alpha value is -2.02. The van der Waals surface area contributed by atoms with Gasteiger partial charge in [-0.3, -0.25) is 4.31 Å². The summed E-state index contributed by atoms with van der Waals surface area (Å²) < 4.78 is 31.7. The quantitative estimate of drug-likeness (QED) is 0.874. The summed E-state index contributed by atoms with van der Waals surface area (Å²) >= 11 is 0. The first-order chi connectivity index (χ1) is 9.97. The SMILES string of the molecule is Cc1cc(CS(=O)(=O)N2CCCc3c(N)cccc32)no1. The minimum absolute atomic E-state index is 0.168. The van der Waals surface area contributed by atoms with Gasteiger partial charge in [0.1, 0.15) is 17.2 Å². The molecule has 0 spiro atoms. The molecule has 2 heterocycles. The van der Waals surface area contributed by atoms with Crippen LogP contribution in [0.4, 0.5) is 11.4 Å². The van der Waals surface area contributed by atoms with E-state index in [1.165, 1.54) is 4.31 Å². The van der Waals surface area contributed by atoms with Crippen molar-refractivity contribution in [2.24, 2.45) is 0 Å². The van der Waals surface area contributed by atoms with Crippen LogP contribution in [0.15, 0.2) is 28.8 Å². The lowest BCUT2D eigenvalue weighted by Gasteiger charge is -2.30. The van der Waals surface area contributed by atoms with E-state index >= 15 is 0 Å². The van der Waals surface area contributed by atoms with Gasteiger partial charge in [0.15, 0.2) is 0 Å². The Morgan fingerprint density at radius 1 is 1.43 bits per heavy atom.